The molecule has 1 aromatic rings. The maximum absolute atomic E-state index is 4.30. The fourth-order valence-corrected chi connectivity index (χ4v) is 1.44. The van der Waals surface area contributed by atoms with Crippen molar-refractivity contribution in [2.24, 2.45) is 7.05 Å². The van der Waals surface area contributed by atoms with Crippen LogP contribution in [0, 0.1) is 13.8 Å². The predicted molar refractivity (Wildman–Crippen MR) is 56.7 cm³/mol. The summed E-state index contributed by atoms with van der Waals surface area (Å²) in [5.74, 6) is 0. The van der Waals surface area contributed by atoms with E-state index in [1.54, 1.807) is 0 Å². The van der Waals surface area contributed by atoms with Gasteiger partial charge in [-0.3, -0.25) is 4.68 Å². The molecule has 0 fully saturated rings. The summed E-state index contributed by atoms with van der Waals surface area (Å²) in [6, 6.07) is 0. The topological polar surface area (TPSA) is 17.8 Å². The average molecular weight is 233 g/mol. The van der Waals surface area contributed by atoms with E-state index in [0.717, 1.165) is 11.0 Å². The summed E-state index contributed by atoms with van der Waals surface area (Å²) >= 11 is 3.38. The molecular weight excluding hydrogens is 216 g/mol. The van der Waals surface area contributed by atoms with Crippen LogP contribution in [0.25, 0.3) is 0 Å². The smallest absolute Gasteiger partial charge is 0.0761 e. The SMILES string of the molecule is CC.Cc1c(CBr)nn(C)c1C. The van der Waals surface area contributed by atoms with E-state index in [4.69, 9.17) is 0 Å². The maximum Gasteiger partial charge on any atom is 0.0761 e. The summed E-state index contributed by atoms with van der Waals surface area (Å²) in [6.45, 7) is 8.17. The average Bonchev–Trinajstić information content (AvgIpc) is 2.36. The Morgan fingerprint density at radius 1 is 1.33 bits per heavy atom. The molecule has 0 bridgehead atoms. The van der Waals surface area contributed by atoms with Gasteiger partial charge in [0, 0.05) is 18.1 Å². The molecule has 12 heavy (non-hydrogen) atoms. The van der Waals surface area contributed by atoms with Gasteiger partial charge in [-0.2, -0.15) is 5.10 Å². The molecule has 0 spiro atoms. The first-order valence-electron chi connectivity index (χ1n) is 4.22. The van der Waals surface area contributed by atoms with Crippen molar-refractivity contribution in [2.75, 3.05) is 0 Å². The molecule has 0 aromatic carbocycles. The van der Waals surface area contributed by atoms with Crippen molar-refractivity contribution in [1.82, 2.24) is 9.78 Å². The Balaban J connectivity index is 0.000000561. The molecule has 0 aliphatic rings. The molecule has 1 aromatic heterocycles. The van der Waals surface area contributed by atoms with E-state index in [9.17, 15) is 0 Å². The van der Waals surface area contributed by atoms with Crippen LogP contribution in [0.4, 0.5) is 0 Å². The first kappa shape index (κ1) is 11.7. The molecule has 3 heteroatoms. The van der Waals surface area contributed by atoms with Gasteiger partial charge in [-0.25, -0.2) is 0 Å². The number of hydrogen-bond acceptors (Lipinski definition) is 1. The molecule has 0 amide bonds. The van der Waals surface area contributed by atoms with E-state index >= 15 is 0 Å². The third-order valence-electron chi connectivity index (χ3n) is 1.86. The van der Waals surface area contributed by atoms with Crippen LogP contribution in [-0.4, -0.2) is 9.78 Å². The predicted octanol–water partition coefficient (Wildman–Crippen LogP) is 2.96. The summed E-state index contributed by atoms with van der Waals surface area (Å²) in [7, 11) is 1.97. The van der Waals surface area contributed by atoms with E-state index in [1.807, 2.05) is 25.6 Å². The lowest BCUT2D eigenvalue weighted by Crippen LogP contribution is -1.92. The van der Waals surface area contributed by atoms with E-state index in [2.05, 4.69) is 34.9 Å². The summed E-state index contributed by atoms with van der Waals surface area (Å²) in [6.07, 6.45) is 0. The minimum Gasteiger partial charge on any atom is -0.272 e. The summed E-state index contributed by atoms with van der Waals surface area (Å²) < 4.78 is 1.91. The van der Waals surface area contributed by atoms with Gasteiger partial charge in [-0.15, -0.1) is 0 Å². The van der Waals surface area contributed by atoms with Gasteiger partial charge in [0.1, 0.15) is 0 Å². The maximum atomic E-state index is 4.30. The van der Waals surface area contributed by atoms with Gasteiger partial charge >= 0.3 is 0 Å². The standard InChI is InChI=1S/C7H11BrN2.C2H6/c1-5-6(2)10(3)9-7(5)4-8;1-2/h4H2,1-3H3;1-2H3. The van der Waals surface area contributed by atoms with Crippen LogP contribution in [0.5, 0.6) is 0 Å². The number of rotatable bonds is 1. The van der Waals surface area contributed by atoms with Crippen LogP contribution < -0.4 is 0 Å². The Hall–Kier alpha value is -0.310. The lowest BCUT2D eigenvalue weighted by atomic mass is 10.2. The second kappa shape index (κ2) is 5.36. The van der Waals surface area contributed by atoms with Crippen molar-refractivity contribution >= 4 is 15.9 Å². The molecule has 0 N–H and O–H groups in total. The van der Waals surface area contributed by atoms with Crippen molar-refractivity contribution in [3.8, 4) is 0 Å². The van der Waals surface area contributed by atoms with Crippen LogP contribution in [-0.2, 0) is 12.4 Å². The molecule has 0 radical (unpaired) electrons. The molecule has 1 rings (SSSR count). The number of alkyl halides is 1. The quantitative estimate of drug-likeness (QED) is 0.682. The molecule has 1 heterocycles. The second-order valence-electron chi connectivity index (χ2n) is 2.41. The van der Waals surface area contributed by atoms with Crippen molar-refractivity contribution in [3.63, 3.8) is 0 Å². The number of hydrogen-bond donors (Lipinski definition) is 0. The molecule has 70 valence electrons. The Morgan fingerprint density at radius 3 is 2.00 bits per heavy atom. The van der Waals surface area contributed by atoms with E-state index < -0.39 is 0 Å². The summed E-state index contributed by atoms with van der Waals surface area (Å²) in [5.41, 5.74) is 3.67. The van der Waals surface area contributed by atoms with Crippen molar-refractivity contribution < 1.29 is 0 Å². The Bertz CT molecular complexity index is 241. The molecule has 2 nitrogen and oxygen atoms in total. The molecule has 0 aliphatic carbocycles. The number of aromatic nitrogens is 2. The van der Waals surface area contributed by atoms with Crippen LogP contribution in [0.3, 0.4) is 0 Å². The van der Waals surface area contributed by atoms with Gasteiger partial charge in [0.2, 0.25) is 0 Å². The highest BCUT2D eigenvalue weighted by Gasteiger charge is 2.05. The highest BCUT2D eigenvalue weighted by molar-refractivity contribution is 9.08. The first-order valence-corrected chi connectivity index (χ1v) is 5.34. The van der Waals surface area contributed by atoms with Gasteiger partial charge in [-0.1, -0.05) is 29.8 Å². The minimum absolute atomic E-state index is 0.848. The minimum atomic E-state index is 0.848. The van der Waals surface area contributed by atoms with E-state index in [1.165, 1.54) is 11.3 Å². The summed E-state index contributed by atoms with van der Waals surface area (Å²) in [5, 5.41) is 5.15. The van der Waals surface area contributed by atoms with Gasteiger partial charge < -0.3 is 0 Å². The Morgan fingerprint density at radius 2 is 1.83 bits per heavy atom. The van der Waals surface area contributed by atoms with Crippen LogP contribution in [0.2, 0.25) is 0 Å². The molecule has 0 saturated carbocycles. The van der Waals surface area contributed by atoms with Gasteiger partial charge in [0.15, 0.2) is 0 Å². The lowest BCUT2D eigenvalue weighted by Gasteiger charge is -1.91. The van der Waals surface area contributed by atoms with E-state index in [0.29, 0.717) is 0 Å². The number of aryl methyl sites for hydroxylation is 1. The largest absolute Gasteiger partial charge is 0.272 e. The monoisotopic (exact) mass is 232 g/mol. The fourth-order valence-electron chi connectivity index (χ4n) is 0.910. The summed E-state index contributed by atoms with van der Waals surface area (Å²) in [4.78, 5) is 0. The Labute approximate surface area is 83.1 Å². The van der Waals surface area contributed by atoms with Gasteiger partial charge in [0.25, 0.3) is 0 Å². The number of nitrogens with zero attached hydrogens (tertiary/aromatic N) is 2. The molecule has 0 saturated heterocycles. The third-order valence-corrected chi connectivity index (χ3v) is 2.39. The third kappa shape index (κ3) is 2.34. The molecule has 0 atom stereocenters. The van der Waals surface area contributed by atoms with Gasteiger partial charge in [-0.05, 0) is 19.4 Å². The highest BCUT2D eigenvalue weighted by atomic mass is 79.9. The normalized spacial score (nSPS) is 9.17. The van der Waals surface area contributed by atoms with Gasteiger partial charge in [0.05, 0.1) is 5.69 Å². The van der Waals surface area contributed by atoms with E-state index in [-0.39, 0.29) is 0 Å². The highest BCUT2D eigenvalue weighted by Crippen LogP contribution is 2.13. The molecule has 0 aliphatic heterocycles. The van der Waals surface area contributed by atoms with Crippen LogP contribution in [0.1, 0.15) is 30.8 Å². The molecule has 0 unspecified atom stereocenters. The zero-order valence-electron chi connectivity index (χ0n) is 8.48. The molecular formula is C9H17BrN2. The first-order chi connectivity index (χ1) is 5.66. The van der Waals surface area contributed by atoms with Crippen molar-refractivity contribution in [3.05, 3.63) is 17.0 Å². The van der Waals surface area contributed by atoms with Crippen LogP contribution in [0.15, 0.2) is 0 Å². The zero-order valence-corrected chi connectivity index (χ0v) is 10.1. The van der Waals surface area contributed by atoms with Crippen LogP contribution >= 0.6 is 15.9 Å². The lowest BCUT2D eigenvalue weighted by molar-refractivity contribution is 0.730. The zero-order chi connectivity index (χ0) is 9.72. The Kier molecular flexibility index (Phi) is 5.22. The second-order valence-corrected chi connectivity index (χ2v) is 2.98. The van der Waals surface area contributed by atoms with Crippen molar-refractivity contribution in [2.45, 2.75) is 33.0 Å². The number of halogens is 1. The fraction of sp³-hybridized carbons (Fsp3) is 0.667. The van der Waals surface area contributed by atoms with Crippen molar-refractivity contribution in [1.29, 1.82) is 0 Å².